The van der Waals surface area contributed by atoms with E-state index in [1.54, 1.807) is 25.3 Å². The Morgan fingerprint density at radius 1 is 1.25 bits per heavy atom. The van der Waals surface area contributed by atoms with Crippen molar-refractivity contribution in [3.05, 3.63) is 42.1 Å². The molecule has 0 unspecified atom stereocenters. The van der Waals surface area contributed by atoms with Crippen LogP contribution in [0.4, 0.5) is 17.5 Å². The van der Waals surface area contributed by atoms with Crippen molar-refractivity contribution in [1.82, 2.24) is 14.9 Å². The monoisotopic (exact) mass is 322 g/mol. The first-order valence-electron chi connectivity index (χ1n) is 7.76. The number of benzene rings is 1. The number of aromatic nitrogens is 2. The number of carbonyl (C=O) groups is 1. The van der Waals surface area contributed by atoms with Crippen LogP contribution in [0.15, 0.2) is 36.5 Å². The highest BCUT2D eigenvalue weighted by Crippen LogP contribution is 2.18. The van der Waals surface area contributed by atoms with Crippen LogP contribution in [0, 0.1) is 11.3 Å². The normalized spacial score (nSPS) is 14.2. The topological polar surface area (TPSA) is 85.2 Å². The minimum atomic E-state index is 0.108. The molecule has 3 rings (SSSR count). The molecule has 0 bridgehead atoms. The van der Waals surface area contributed by atoms with Crippen LogP contribution >= 0.6 is 0 Å². The van der Waals surface area contributed by atoms with Crippen LogP contribution in [0.3, 0.4) is 0 Å². The number of carbonyl (C=O) groups excluding carboxylic acids is 1. The maximum atomic E-state index is 11.4. The molecule has 1 aliphatic heterocycles. The van der Waals surface area contributed by atoms with Crippen molar-refractivity contribution in [3.63, 3.8) is 0 Å². The molecule has 0 radical (unpaired) electrons. The highest BCUT2D eigenvalue weighted by molar-refractivity contribution is 5.73. The van der Waals surface area contributed by atoms with Gasteiger partial charge in [-0.1, -0.05) is 6.07 Å². The lowest BCUT2D eigenvalue weighted by Gasteiger charge is -2.34. The highest BCUT2D eigenvalue weighted by Gasteiger charge is 2.19. The fourth-order valence-electron chi connectivity index (χ4n) is 2.63. The van der Waals surface area contributed by atoms with Crippen LogP contribution in [0.25, 0.3) is 0 Å². The van der Waals surface area contributed by atoms with E-state index in [0.29, 0.717) is 24.6 Å². The van der Waals surface area contributed by atoms with Crippen LogP contribution in [0.2, 0.25) is 0 Å². The molecule has 1 amide bonds. The number of hydrogen-bond acceptors (Lipinski definition) is 6. The molecule has 0 atom stereocenters. The summed E-state index contributed by atoms with van der Waals surface area (Å²) < 4.78 is 0. The van der Waals surface area contributed by atoms with Crippen molar-refractivity contribution < 1.29 is 4.79 Å². The standard InChI is InChI=1S/C17H18N6O/c1-13(24)22-7-9-23(10-8-22)16-5-6-19-17(21-16)20-15-4-2-3-14(11-15)12-18/h2-6,11H,7-10H2,1H3,(H,19,20,21). The molecule has 24 heavy (non-hydrogen) atoms. The zero-order valence-corrected chi connectivity index (χ0v) is 13.4. The summed E-state index contributed by atoms with van der Waals surface area (Å²) in [4.78, 5) is 24.1. The highest BCUT2D eigenvalue weighted by atomic mass is 16.2. The van der Waals surface area contributed by atoms with E-state index in [0.717, 1.165) is 24.6 Å². The van der Waals surface area contributed by atoms with Crippen molar-refractivity contribution >= 4 is 23.4 Å². The smallest absolute Gasteiger partial charge is 0.229 e. The number of piperazine rings is 1. The van der Waals surface area contributed by atoms with Gasteiger partial charge in [0, 0.05) is 45.0 Å². The maximum Gasteiger partial charge on any atom is 0.229 e. The van der Waals surface area contributed by atoms with Gasteiger partial charge in [0.05, 0.1) is 11.6 Å². The summed E-state index contributed by atoms with van der Waals surface area (Å²) in [6, 6.07) is 11.1. The fourth-order valence-corrected chi connectivity index (χ4v) is 2.63. The quantitative estimate of drug-likeness (QED) is 0.927. The number of amides is 1. The van der Waals surface area contributed by atoms with Crippen molar-refractivity contribution in [2.45, 2.75) is 6.92 Å². The Kier molecular flexibility index (Phi) is 4.57. The van der Waals surface area contributed by atoms with Gasteiger partial charge in [-0.25, -0.2) is 4.98 Å². The lowest BCUT2D eigenvalue weighted by atomic mass is 10.2. The molecule has 0 aliphatic carbocycles. The van der Waals surface area contributed by atoms with Crippen LogP contribution in [-0.2, 0) is 4.79 Å². The third-order valence-electron chi connectivity index (χ3n) is 3.94. The van der Waals surface area contributed by atoms with E-state index in [2.05, 4.69) is 26.3 Å². The molecular weight excluding hydrogens is 304 g/mol. The van der Waals surface area contributed by atoms with Gasteiger partial charge in [-0.2, -0.15) is 10.2 Å². The molecular formula is C17H18N6O. The molecule has 1 saturated heterocycles. The summed E-state index contributed by atoms with van der Waals surface area (Å²) in [5, 5.41) is 12.1. The Labute approximate surface area is 140 Å². The number of nitriles is 1. The van der Waals surface area contributed by atoms with E-state index >= 15 is 0 Å². The van der Waals surface area contributed by atoms with Crippen LogP contribution in [0.1, 0.15) is 12.5 Å². The van der Waals surface area contributed by atoms with Gasteiger partial charge in [0.2, 0.25) is 11.9 Å². The predicted molar refractivity (Wildman–Crippen MR) is 90.9 cm³/mol. The van der Waals surface area contributed by atoms with Crippen LogP contribution < -0.4 is 10.2 Å². The van der Waals surface area contributed by atoms with Gasteiger partial charge in [0.15, 0.2) is 0 Å². The molecule has 122 valence electrons. The molecule has 0 saturated carbocycles. The number of hydrogen-bond donors (Lipinski definition) is 1. The zero-order chi connectivity index (χ0) is 16.9. The van der Waals surface area contributed by atoms with Crippen molar-refractivity contribution in [2.24, 2.45) is 0 Å². The Bertz CT molecular complexity index is 777. The number of anilines is 3. The number of nitrogens with one attached hydrogen (secondary N) is 1. The van der Waals surface area contributed by atoms with Crippen LogP contribution in [-0.4, -0.2) is 47.0 Å². The fraction of sp³-hybridized carbons (Fsp3) is 0.294. The lowest BCUT2D eigenvalue weighted by Crippen LogP contribution is -2.48. The Morgan fingerprint density at radius 3 is 2.75 bits per heavy atom. The SMILES string of the molecule is CC(=O)N1CCN(c2ccnc(Nc3cccc(C#N)c3)n2)CC1. The second kappa shape index (κ2) is 6.96. The molecule has 0 spiro atoms. The largest absolute Gasteiger partial charge is 0.353 e. The predicted octanol–water partition coefficient (Wildman–Crippen LogP) is 1.76. The van der Waals surface area contributed by atoms with Gasteiger partial charge < -0.3 is 15.1 Å². The summed E-state index contributed by atoms with van der Waals surface area (Å²) in [6.07, 6.45) is 1.70. The Morgan fingerprint density at radius 2 is 2.04 bits per heavy atom. The van der Waals surface area contributed by atoms with E-state index in [9.17, 15) is 4.79 Å². The molecule has 1 aliphatic rings. The maximum absolute atomic E-state index is 11.4. The molecule has 2 aromatic rings. The van der Waals surface area contributed by atoms with Crippen molar-refractivity contribution in [1.29, 1.82) is 5.26 Å². The minimum Gasteiger partial charge on any atom is -0.353 e. The van der Waals surface area contributed by atoms with E-state index in [1.165, 1.54) is 0 Å². The second-order valence-corrected chi connectivity index (χ2v) is 5.55. The molecule has 7 heteroatoms. The average Bonchev–Trinajstić information content (AvgIpc) is 2.62. The minimum absolute atomic E-state index is 0.108. The first-order chi connectivity index (χ1) is 11.7. The summed E-state index contributed by atoms with van der Waals surface area (Å²) in [5.74, 6) is 1.42. The van der Waals surface area contributed by atoms with Crippen molar-refractivity contribution in [3.8, 4) is 6.07 Å². The lowest BCUT2D eigenvalue weighted by molar-refractivity contribution is -0.129. The average molecular weight is 322 g/mol. The summed E-state index contributed by atoms with van der Waals surface area (Å²) in [6.45, 7) is 4.50. The van der Waals surface area contributed by atoms with Gasteiger partial charge in [0.1, 0.15) is 5.82 Å². The summed E-state index contributed by atoms with van der Waals surface area (Å²) in [7, 11) is 0. The number of nitrogens with zero attached hydrogens (tertiary/aromatic N) is 5. The third-order valence-corrected chi connectivity index (χ3v) is 3.94. The van der Waals surface area contributed by atoms with E-state index in [1.807, 2.05) is 23.1 Å². The second-order valence-electron chi connectivity index (χ2n) is 5.55. The van der Waals surface area contributed by atoms with Gasteiger partial charge in [0.25, 0.3) is 0 Å². The molecule has 1 N–H and O–H groups in total. The molecule has 1 aromatic carbocycles. The van der Waals surface area contributed by atoms with Gasteiger partial charge >= 0.3 is 0 Å². The Hall–Kier alpha value is -3.14. The van der Waals surface area contributed by atoms with Gasteiger partial charge in [-0.3, -0.25) is 4.79 Å². The van der Waals surface area contributed by atoms with E-state index in [-0.39, 0.29) is 5.91 Å². The van der Waals surface area contributed by atoms with Crippen LogP contribution in [0.5, 0.6) is 0 Å². The molecule has 2 heterocycles. The van der Waals surface area contributed by atoms with Crippen molar-refractivity contribution in [2.75, 3.05) is 36.4 Å². The van der Waals surface area contributed by atoms with Gasteiger partial charge in [-0.15, -0.1) is 0 Å². The first kappa shape index (κ1) is 15.7. The third kappa shape index (κ3) is 3.60. The summed E-state index contributed by atoms with van der Waals surface area (Å²) in [5.41, 5.74) is 1.35. The van der Waals surface area contributed by atoms with E-state index < -0.39 is 0 Å². The first-order valence-corrected chi connectivity index (χ1v) is 7.76. The zero-order valence-electron chi connectivity index (χ0n) is 13.4. The molecule has 1 fully saturated rings. The van der Waals surface area contributed by atoms with Gasteiger partial charge in [-0.05, 0) is 24.3 Å². The Balaban J connectivity index is 1.70. The number of rotatable bonds is 3. The summed E-state index contributed by atoms with van der Waals surface area (Å²) >= 11 is 0. The molecule has 1 aromatic heterocycles. The molecule has 7 nitrogen and oxygen atoms in total. The van der Waals surface area contributed by atoms with E-state index in [4.69, 9.17) is 5.26 Å².